The molecule has 0 unspecified atom stereocenters. The number of hydrogen-bond acceptors (Lipinski definition) is 4. The van der Waals surface area contributed by atoms with Crippen LogP contribution in [0.4, 0.5) is 5.69 Å². The van der Waals surface area contributed by atoms with Crippen LogP contribution in [0.3, 0.4) is 0 Å². The van der Waals surface area contributed by atoms with Crippen molar-refractivity contribution in [2.75, 3.05) is 36.8 Å². The molecule has 0 saturated carbocycles. The Labute approximate surface area is 112 Å². The van der Waals surface area contributed by atoms with Crippen molar-refractivity contribution in [2.45, 2.75) is 6.92 Å². The summed E-state index contributed by atoms with van der Waals surface area (Å²) in [5.74, 6) is 0.156. The van der Waals surface area contributed by atoms with Crippen LogP contribution in [0.25, 0.3) is 0 Å². The van der Waals surface area contributed by atoms with Gasteiger partial charge >= 0.3 is 0 Å². The second kappa shape index (κ2) is 5.42. The molecule has 5 nitrogen and oxygen atoms in total. The van der Waals surface area contributed by atoms with Gasteiger partial charge in [0.15, 0.2) is 0 Å². The third kappa shape index (κ3) is 2.76. The van der Waals surface area contributed by atoms with Crippen molar-refractivity contribution in [2.24, 2.45) is 0 Å². The van der Waals surface area contributed by atoms with E-state index in [4.69, 9.17) is 11.6 Å². The fourth-order valence-electron chi connectivity index (χ4n) is 2.01. The van der Waals surface area contributed by atoms with Crippen molar-refractivity contribution in [3.8, 4) is 0 Å². The van der Waals surface area contributed by atoms with Gasteiger partial charge in [0.1, 0.15) is 0 Å². The first kappa shape index (κ1) is 13.6. The predicted molar refractivity (Wildman–Crippen MR) is 72.5 cm³/mol. The van der Waals surface area contributed by atoms with Crippen LogP contribution in [0, 0.1) is 0 Å². The summed E-state index contributed by atoms with van der Waals surface area (Å²) >= 11 is 6.08. The lowest BCUT2D eigenvalue weighted by atomic mass is 10.3. The standard InChI is InChI=1S/C11H16ClN3O2S/c1-2-18(16,17)15-7-5-14(6-8-15)11-3-4-13-9-10(11)12/h3-4,9H,2,5-8H2,1H3. The minimum Gasteiger partial charge on any atom is -0.368 e. The smallest absolute Gasteiger partial charge is 0.213 e. The summed E-state index contributed by atoms with van der Waals surface area (Å²) in [7, 11) is -3.08. The van der Waals surface area contributed by atoms with Crippen molar-refractivity contribution in [3.63, 3.8) is 0 Å². The van der Waals surface area contributed by atoms with Crippen LogP contribution in [-0.4, -0.2) is 49.6 Å². The molecule has 0 atom stereocenters. The molecule has 1 saturated heterocycles. The number of sulfonamides is 1. The van der Waals surface area contributed by atoms with Crippen LogP contribution in [0.5, 0.6) is 0 Å². The highest BCUT2D eigenvalue weighted by Gasteiger charge is 2.26. The Hall–Kier alpha value is -0.850. The summed E-state index contributed by atoms with van der Waals surface area (Å²) < 4.78 is 25.0. The molecule has 0 spiro atoms. The van der Waals surface area contributed by atoms with Gasteiger partial charge in [0.2, 0.25) is 10.0 Å². The third-order valence-electron chi connectivity index (χ3n) is 3.09. The topological polar surface area (TPSA) is 53.5 Å². The maximum atomic E-state index is 11.7. The van der Waals surface area contributed by atoms with Crippen LogP contribution < -0.4 is 4.90 Å². The second-order valence-electron chi connectivity index (χ2n) is 4.11. The molecule has 2 heterocycles. The minimum atomic E-state index is -3.08. The first-order chi connectivity index (χ1) is 8.54. The number of piperazine rings is 1. The molecule has 100 valence electrons. The van der Waals surface area contributed by atoms with E-state index in [2.05, 4.69) is 9.88 Å². The van der Waals surface area contributed by atoms with Crippen molar-refractivity contribution in [1.82, 2.24) is 9.29 Å². The fraction of sp³-hybridized carbons (Fsp3) is 0.545. The van der Waals surface area contributed by atoms with Gasteiger partial charge in [-0.2, -0.15) is 4.31 Å². The van der Waals surface area contributed by atoms with E-state index < -0.39 is 10.0 Å². The predicted octanol–water partition coefficient (Wildman–Crippen LogP) is 1.21. The van der Waals surface area contributed by atoms with E-state index in [1.54, 1.807) is 23.6 Å². The SMILES string of the molecule is CCS(=O)(=O)N1CCN(c2ccncc2Cl)CC1. The molecule has 2 rings (SSSR count). The Morgan fingerprint density at radius 3 is 2.56 bits per heavy atom. The Kier molecular flexibility index (Phi) is 4.09. The monoisotopic (exact) mass is 289 g/mol. The van der Waals surface area contributed by atoms with E-state index in [-0.39, 0.29) is 5.75 Å². The van der Waals surface area contributed by atoms with Crippen molar-refractivity contribution in [3.05, 3.63) is 23.5 Å². The van der Waals surface area contributed by atoms with E-state index in [9.17, 15) is 8.42 Å². The van der Waals surface area contributed by atoms with E-state index in [1.807, 2.05) is 6.07 Å². The van der Waals surface area contributed by atoms with Crippen LogP contribution in [0.1, 0.15) is 6.92 Å². The summed E-state index contributed by atoms with van der Waals surface area (Å²) in [6.07, 6.45) is 3.29. The average Bonchev–Trinajstić information content (AvgIpc) is 2.39. The zero-order valence-electron chi connectivity index (χ0n) is 10.2. The molecule has 7 heteroatoms. The highest BCUT2D eigenvalue weighted by molar-refractivity contribution is 7.89. The Morgan fingerprint density at radius 1 is 1.33 bits per heavy atom. The number of hydrogen-bond donors (Lipinski definition) is 0. The zero-order chi connectivity index (χ0) is 13.2. The maximum Gasteiger partial charge on any atom is 0.213 e. The molecule has 0 aliphatic carbocycles. The maximum absolute atomic E-state index is 11.7. The minimum absolute atomic E-state index is 0.156. The second-order valence-corrected chi connectivity index (χ2v) is 6.78. The van der Waals surface area contributed by atoms with E-state index in [0.717, 1.165) is 5.69 Å². The van der Waals surface area contributed by atoms with E-state index >= 15 is 0 Å². The molecule has 1 aliphatic heterocycles. The number of anilines is 1. The molecule has 0 bridgehead atoms. The number of nitrogens with zero attached hydrogens (tertiary/aromatic N) is 3. The molecule has 0 aromatic carbocycles. The van der Waals surface area contributed by atoms with Gasteiger partial charge in [-0.1, -0.05) is 11.6 Å². The van der Waals surface area contributed by atoms with Gasteiger partial charge in [-0.05, 0) is 13.0 Å². The van der Waals surface area contributed by atoms with E-state index in [0.29, 0.717) is 31.2 Å². The first-order valence-electron chi connectivity index (χ1n) is 5.87. The summed E-state index contributed by atoms with van der Waals surface area (Å²) in [5, 5.41) is 0.601. The lowest BCUT2D eigenvalue weighted by Gasteiger charge is -2.35. The highest BCUT2D eigenvalue weighted by Crippen LogP contribution is 2.25. The van der Waals surface area contributed by atoms with Gasteiger partial charge in [0.05, 0.1) is 16.5 Å². The van der Waals surface area contributed by atoms with Gasteiger partial charge in [0.25, 0.3) is 0 Å². The molecule has 0 radical (unpaired) electrons. The summed E-state index contributed by atoms with van der Waals surface area (Å²) in [6.45, 7) is 4.00. The number of rotatable bonds is 3. The van der Waals surface area contributed by atoms with Crippen LogP contribution in [-0.2, 0) is 10.0 Å². The van der Waals surface area contributed by atoms with Gasteiger partial charge in [-0.3, -0.25) is 4.98 Å². The van der Waals surface area contributed by atoms with E-state index in [1.165, 1.54) is 0 Å². The first-order valence-corrected chi connectivity index (χ1v) is 7.85. The Bertz CT molecular complexity index is 513. The Morgan fingerprint density at radius 2 is 2.00 bits per heavy atom. The zero-order valence-corrected chi connectivity index (χ0v) is 11.8. The lowest BCUT2D eigenvalue weighted by Crippen LogP contribution is -2.49. The number of halogens is 1. The molecule has 1 aromatic heterocycles. The van der Waals surface area contributed by atoms with Crippen LogP contribution >= 0.6 is 11.6 Å². The summed E-state index contributed by atoms with van der Waals surface area (Å²) in [4.78, 5) is 6.03. The summed E-state index contributed by atoms with van der Waals surface area (Å²) in [6, 6.07) is 1.85. The lowest BCUT2D eigenvalue weighted by molar-refractivity contribution is 0.385. The highest BCUT2D eigenvalue weighted by atomic mass is 35.5. The van der Waals surface area contributed by atoms with Crippen molar-refractivity contribution >= 4 is 27.3 Å². The molecule has 0 amide bonds. The quantitative estimate of drug-likeness (QED) is 0.839. The van der Waals surface area contributed by atoms with Gasteiger partial charge < -0.3 is 4.90 Å². The molecule has 1 fully saturated rings. The fourth-order valence-corrected chi connectivity index (χ4v) is 3.34. The van der Waals surface area contributed by atoms with Gasteiger partial charge in [0, 0.05) is 38.6 Å². The molecule has 1 aliphatic rings. The Balaban J connectivity index is 2.06. The normalized spacial score (nSPS) is 18.0. The number of aromatic nitrogens is 1. The molecule has 1 aromatic rings. The average molecular weight is 290 g/mol. The van der Waals surface area contributed by atoms with Crippen molar-refractivity contribution in [1.29, 1.82) is 0 Å². The van der Waals surface area contributed by atoms with Crippen molar-refractivity contribution < 1.29 is 8.42 Å². The van der Waals surface area contributed by atoms with Crippen LogP contribution in [0.2, 0.25) is 5.02 Å². The molecule has 18 heavy (non-hydrogen) atoms. The molecular formula is C11H16ClN3O2S. The number of pyridine rings is 1. The third-order valence-corrected chi connectivity index (χ3v) is 5.26. The largest absolute Gasteiger partial charge is 0.368 e. The van der Waals surface area contributed by atoms with Gasteiger partial charge in [-0.15, -0.1) is 0 Å². The molecular weight excluding hydrogens is 274 g/mol. The summed E-state index contributed by atoms with van der Waals surface area (Å²) in [5.41, 5.74) is 0.917. The van der Waals surface area contributed by atoms with Gasteiger partial charge in [-0.25, -0.2) is 8.42 Å². The van der Waals surface area contributed by atoms with Crippen LogP contribution in [0.15, 0.2) is 18.5 Å². The molecule has 0 N–H and O–H groups in total.